The van der Waals surface area contributed by atoms with Crippen molar-refractivity contribution in [3.8, 4) is 0 Å². The van der Waals surface area contributed by atoms with Crippen molar-refractivity contribution in [3.63, 3.8) is 0 Å². The van der Waals surface area contributed by atoms with Gasteiger partial charge < -0.3 is 10.1 Å². The standard InChI is InChI=1S/C14H18FNO3/c1-10(8-14(18)19-2)16-13(17)7-6-11-4-3-5-12(15)9-11/h3-5,9-10H,6-8H2,1-2H3,(H,16,17). The maximum absolute atomic E-state index is 12.9. The van der Waals surface area contributed by atoms with Gasteiger partial charge in [0, 0.05) is 12.5 Å². The summed E-state index contributed by atoms with van der Waals surface area (Å²) in [7, 11) is 1.31. The fourth-order valence-corrected chi connectivity index (χ4v) is 1.68. The molecule has 5 heteroatoms. The van der Waals surface area contributed by atoms with E-state index in [1.807, 2.05) is 0 Å². The van der Waals surface area contributed by atoms with Crippen molar-refractivity contribution < 1.29 is 18.7 Å². The number of ether oxygens (including phenoxy) is 1. The summed E-state index contributed by atoms with van der Waals surface area (Å²) in [6.45, 7) is 1.73. The quantitative estimate of drug-likeness (QED) is 0.800. The van der Waals surface area contributed by atoms with Gasteiger partial charge in [0.2, 0.25) is 5.91 Å². The van der Waals surface area contributed by atoms with Gasteiger partial charge in [0.15, 0.2) is 0 Å². The molecule has 0 saturated heterocycles. The summed E-state index contributed by atoms with van der Waals surface area (Å²) >= 11 is 0. The van der Waals surface area contributed by atoms with E-state index in [1.165, 1.54) is 19.2 Å². The molecule has 0 aromatic heterocycles. The molecule has 1 atom stereocenters. The molecular weight excluding hydrogens is 249 g/mol. The number of hydrogen-bond acceptors (Lipinski definition) is 3. The number of hydrogen-bond donors (Lipinski definition) is 1. The topological polar surface area (TPSA) is 55.4 Å². The SMILES string of the molecule is COC(=O)CC(C)NC(=O)CCc1cccc(F)c1. The lowest BCUT2D eigenvalue weighted by Crippen LogP contribution is -2.34. The first-order chi connectivity index (χ1) is 9.01. The second kappa shape index (κ2) is 7.51. The average molecular weight is 267 g/mol. The Morgan fingerprint density at radius 3 is 2.79 bits per heavy atom. The van der Waals surface area contributed by atoms with Gasteiger partial charge in [-0.05, 0) is 31.0 Å². The van der Waals surface area contributed by atoms with Gasteiger partial charge >= 0.3 is 5.97 Å². The number of nitrogens with one attached hydrogen (secondary N) is 1. The second-order valence-electron chi connectivity index (χ2n) is 4.38. The van der Waals surface area contributed by atoms with E-state index in [-0.39, 0.29) is 36.6 Å². The summed E-state index contributed by atoms with van der Waals surface area (Å²) in [6, 6.07) is 5.89. The van der Waals surface area contributed by atoms with Crippen LogP contribution in [0.2, 0.25) is 0 Å². The van der Waals surface area contributed by atoms with E-state index < -0.39 is 0 Å². The van der Waals surface area contributed by atoms with Gasteiger partial charge in [-0.3, -0.25) is 9.59 Å². The maximum atomic E-state index is 12.9. The minimum Gasteiger partial charge on any atom is -0.469 e. The highest BCUT2D eigenvalue weighted by molar-refractivity contribution is 5.77. The Kier molecular flexibility index (Phi) is 5.99. The monoisotopic (exact) mass is 267 g/mol. The fraction of sp³-hybridized carbons (Fsp3) is 0.429. The lowest BCUT2D eigenvalue weighted by Gasteiger charge is -2.12. The fourth-order valence-electron chi connectivity index (χ4n) is 1.68. The Bertz CT molecular complexity index is 448. The van der Waals surface area contributed by atoms with Crippen LogP contribution in [0.15, 0.2) is 24.3 Å². The number of methoxy groups -OCH3 is 1. The molecule has 0 spiro atoms. The first-order valence-corrected chi connectivity index (χ1v) is 6.12. The minimum absolute atomic E-state index is 0.141. The van der Waals surface area contributed by atoms with Gasteiger partial charge in [0.05, 0.1) is 13.5 Å². The highest BCUT2D eigenvalue weighted by Gasteiger charge is 2.12. The molecule has 0 aliphatic carbocycles. The average Bonchev–Trinajstić information content (AvgIpc) is 2.36. The largest absolute Gasteiger partial charge is 0.469 e. The third kappa shape index (κ3) is 5.99. The van der Waals surface area contributed by atoms with Crippen molar-refractivity contribution in [1.82, 2.24) is 5.32 Å². The number of aryl methyl sites for hydroxylation is 1. The van der Waals surface area contributed by atoms with Crippen LogP contribution >= 0.6 is 0 Å². The summed E-state index contributed by atoms with van der Waals surface area (Å²) in [5.41, 5.74) is 0.774. The van der Waals surface area contributed by atoms with E-state index >= 15 is 0 Å². The molecule has 0 fully saturated rings. The summed E-state index contributed by atoms with van der Waals surface area (Å²) < 4.78 is 17.4. The molecular formula is C14H18FNO3. The number of amides is 1. The molecule has 1 unspecified atom stereocenters. The predicted molar refractivity (Wildman–Crippen MR) is 69.0 cm³/mol. The molecule has 1 N–H and O–H groups in total. The molecule has 104 valence electrons. The van der Waals surface area contributed by atoms with E-state index in [1.54, 1.807) is 19.1 Å². The van der Waals surface area contributed by atoms with Gasteiger partial charge in [-0.15, -0.1) is 0 Å². The molecule has 0 bridgehead atoms. The third-order valence-electron chi connectivity index (χ3n) is 2.64. The maximum Gasteiger partial charge on any atom is 0.307 e. The number of carbonyl (C=O) groups is 2. The van der Waals surface area contributed by atoms with Gasteiger partial charge in [0.1, 0.15) is 5.82 Å². The zero-order chi connectivity index (χ0) is 14.3. The summed E-state index contributed by atoms with van der Waals surface area (Å²) in [5.74, 6) is -0.837. The molecule has 1 aromatic rings. The van der Waals surface area contributed by atoms with Crippen molar-refractivity contribution >= 4 is 11.9 Å². The van der Waals surface area contributed by atoms with Crippen molar-refractivity contribution in [1.29, 1.82) is 0 Å². The number of rotatable bonds is 6. The van der Waals surface area contributed by atoms with Gasteiger partial charge in [-0.25, -0.2) is 4.39 Å². The van der Waals surface area contributed by atoms with E-state index in [4.69, 9.17) is 0 Å². The van der Waals surface area contributed by atoms with Crippen LogP contribution < -0.4 is 5.32 Å². The molecule has 0 aliphatic heterocycles. The molecule has 0 heterocycles. The normalized spacial score (nSPS) is 11.7. The van der Waals surface area contributed by atoms with Crippen LogP contribution in [0.5, 0.6) is 0 Å². The number of carbonyl (C=O) groups excluding carboxylic acids is 2. The molecule has 19 heavy (non-hydrogen) atoms. The lowest BCUT2D eigenvalue weighted by molar-refractivity contribution is -0.141. The van der Waals surface area contributed by atoms with Crippen molar-refractivity contribution in [2.45, 2.75) is 32.2 Å². The zero-order valence-electron chi connectivity index (χ0n) is 11.1. The number of benzene rings is 1. The first-order valence-electron chi connectivity index (χ1n) is 6.12. The summed E-state index contributed by atoms with van der Waals surface area (Å²) in [4.78, 5) is 22.6. The highest BCUT2D eigenvalue weighted by atomic mass is 19.1. The molecule has 0 radical (unpaired) electrons. The Morgan fingerprint density at radius 1 is 1.42 bits per heavy atom. The Morgan fingerprint density at radius 2 is 2.16 bits per heavy atom. The van der Waals surface area contributed by atoms with Gasteiger partial charge in [0.25, 0.3) is 0 Å². The summed E-state index contributed by atoms with van der Waals surface area (Å²) in [6.07, 6.45) is 0.867. The van der Waals surface area contributed by atoms with Crippen molar-refractivity contribution in [2.24, 2.45) is 0 Å². The molecule has 1 amide bonds. The van der Waals surface area contributed by atoms with Crippen LogP contribution in [0, 0.1) is 5.82 Å². The first kappa shape index (κ1) is 15.1. The Labute approximate surface area is 112 Å². The number of halogens is 1. The molecule has 4 nitrogen and oxygen atoms in total. The molecule has 0 aliphatic rings. The smallest absolute Gasteiger partial charge is 0.307 e. The van der Waals surface area contributed by atoms with Crippen LogP contribution in [0.4, 0.5) is 4.39 Å². The summed E-state index contributed by atoms with van der Waals surface area (Å²) in [5, 5.41) is 2.70. The van der Waals surface area contributed by atoms with Crippen molar-refractivity contribution in [2.75, 3.05) is 7.11 Å². The van der Waals surface area contributed by atoms with Gasteiger partial charge in [-0.2, -0.15) is 0 Å². The van der Waals surface area contributed by atoms with Crippen LogP contribution in [0.25, 0.3) is 0 Å². The third-order valence-corrected chi connectivity index (χ3v) is 2.64. The Hall–Kier alpha value is -1.91. The zero-order valence-corrected chi connectivity index (χ0v) is 11.1. The molecule has 0 saturated carbocycles. The molecule has 1 rings (SSSR count). The highest BCUT2D eigenvalue weighted by Crippen LogP contribution is 2.06. The molecule has 1 aromatic carbocycles. The van der Waals surface area contributed by atoms with Gasteiger partial charge in [-0.1, -0.05) is 12.1 Å². The van der Waals surface area contributed by atoms with E-state index in [0.29, 0.717) is 6.42 Å². The van der Waals surface area contributed by atoms with Crippen LogP contribution in [0.3, 0.4) is 0 Å². The van der Waals surface area contributed by atoms with Crippen LogP contribution in [-0.4, -0.2) is 25.0 Å². The van der Waals surface area contributed by atoms with Crippen LogP contribution in [0.1, 0.15) is 25.3 Å². The van der Waals surface area contributed by atoms with E-state index in [2.05, 4.69) is 10.1 Å². The minimum atomic E-state index is -0.363. The predicted octanol–water partition coefficient (Wildman–Crippen LogP) is 1.83. The van der Waals surface area contributed by atoms with Crippen LogP contribution in [-0.2, 0) is 20.7 Å². The second-order valence-corrected chi connectivity index (χ2v) is 4.38. The Balaban J connectivity index is 2.33. The number of esters is 1. The van der Waals surface area contributed by atoms with E-state index in [0.717, 1.165) is 5.56 Å². The van der Waals surface area contributed by atoms with Crippen molar-refractivity contribution in [3.05, 3.63) is 35.6 Å². The van der Waals surface area contributed by atoms with E-state index in [9.17, 15) is 14.0 Å². The lowest BCUT2D eigenvalue weighted by atomic mass is 10.1.